The third-order valence-electron chi connectivity index (χ3n) is 1.20. The van der Waals surface area contributed by atoms with E-state index in [-0.39, 0.29) is 18.0 Å². The number of hydrogen-bond donors (Lipinski definition) is 0. The van der Waals surface area contributed by atoms with E-state index in [0.29, 0.717) is 6.42 Å². The molecule has 2 unspecified atom stereocenters. The lowest BCUT2D eigenvalue weighted by Gasteiger charge is -1.94. The van der Waals surface area contributed by atoms with Gasteiger partial charge in [-0.2, -0.15) is 0 Å². The number of hydrogen-bond acceptors (Lipinski definition) is 3. The maximum atomic E-state index is 10.2. The third kappa shape index (κ3) is 1.52. The van der Waals surface area contributed by atoms with Crippen LogP contribution in [0.1, 0.15) is 13.3 Å². The van der Waals surface area contributed by atoms with Crippen LogP contribution in [0.15, 0.2) is 0 Å². The van der Waals surface area contributed by atoms with Gasteiger partial charge < -0.3 is 4.74 Å². The van der Waals surface area contributed by atoms with Gasteiger partial charge in [-0.3, -0.25) is 9.59 Å². The number of ether oxygens (including phenoxy) is 1. The Morgan fingerprint density at radius 1 is 1.78 bits per heavy atom. The number of carbonyl (C=O) groups excluding carboxylic acids is 2. The SMILES string of the molecule is CC(=O)OC1CC1[C]=O. The molecule has 2 atom stereocenters. The van der Waals surface area contributed by atoms with E-state index >= 15 is 0 Å². The summed E-state index contributed by atoms with van der Waals surface area (Å²) in [6, 6.07) is 0. The highest BCUT2D eigenvalue weighted by molar-refractivity contribution is 5.68. The Bertz CT molecular complexity index is 141. The first-order valence-electron chi connectivity index (χ1n) is 2.79. The van der Waals surface area contributed by atoms with Crippen LogP contribution in [-0.2, 0) is 14.3 Å². The molecule has 0 aromatic heterocycles. The highest BCUT2D eigenvalue weighted by atomic mass is 16.5. The summed E-state index contributed by atoms with van der Waals surface area (Å²) in [7, 11) is 0. The second kappa shape index (κ2) is 2.17. The summed E-state index contributed by atoms with van der Waals surface area (Å²) in [5, 5.41) is 0. The van der Waals surface area contributed by atoms with Crippen LogP contribution in [-0.4, -0.2) is 18.4 Å². The molecule has 0 amide bonds. The molecule has 0 aromatic rings. The quantitative estimate of drug-likeness (QED) is 0.492. The zero-order chi connectivity index (χ0) is 6.85. The van der Waals surface area contributed by atoms with Crippen molar-refractivity contribution < 1.29 is 14.3 Å². The van der Waals surface area contributed by atoms with E-state index in [0.717, 1.165) is 0 Å². The molecule has 0 aromatic carbocycles. The molecule has 1 rings (SSSR count). The average Bonchev–Trinajstić information content (AvgIpc) is 2.45. The maximum Gasteiger partial charge on any atom is 0.302 e. The van der Waals surface area contributed by atoms with Crippen molar-refractivity contribution in [2.45, 2.75) is 19.4 Å². The Kier molecular flexibility index (Phi) is 1.51. The zero-order valence-corrected chi connectivity index (χ0v) is 5.09. The van der Waals surface area contributed by atoms with E-state index < -0.39 is 0 Å². The molecule has 0 aliphatic heterocycles. The van der Waals surface area contributed by atoms with Crippen LogP contribution in [0.25, 0.3) is 0 Å². The highest BCUT2D eigenvalue weighted by Gasteiger charge is 2.40. The first-order valence-corrected chi connectivity index (χ1v) is 2.79. The van der Waals surface area contributed by atoms with E-state index in [1.54, 1.807) is 6.29 Å². The summed E-state index contributed by atoms with van der Waals surface area (Å²) in [6.45, 7) is 1.33. The molecule has 3 nitrogen and oxygen atoms in total. The minimum Gasteiger partial charge on any atom is -0.462 e. The Morgan fingerprint density at radius 3 is 2.78 bits per heavy atom. The van der Waals surface area contributed by atoms with Crippen LogP contribution in [0.3, 0.4) is 0 Å². The van der Waals surface area contributed by atoms with Crippen molar-refractivity contribution in [2.24, 2.45) is 5.92 Å². The lowest BCUT2D eigenvalue weighted by molar-refractivity contribution is -0.142. The van der Waals surface area contributed by atoms with Gasteiger partial charge >= 0.3 is 5.97 Å². The van der Waals surface area contributed by atoms with Gasteiger partial charge in [-0.25, -0.2) is 0 Å². The summed E-state index contributed by atoms with van der Waals surface area (Å²) in [4.78, 5) is 20.0. The van der Waals surface area contributed by atoms with Crippen LogP contribution in [0.2, 0.25) is 0 Å². The zero-order valence-electron chi connectivity index (χ0n) is 5.09. The van der Waals surface area contributed by atoms with Crippen molar-refractivity contribution >= 4 is 12.3 Å². The molecule has 3 heteroatoms. The fourth-order valence-electron chi connectivity index (χ4n) is 0.639. The molecule has 1 aliphatic rings. The standard InChI is InChI=1S/C6H7O3/c1-4(8)9-6-2-5(6)3-7/h5-6H,2H2,1H3. The monoisotopic (exact) mass is 127 g/mol. The van der Waals surface area contributed by atoms with E-state index in [1.165, 1.54) is 6.92 Å². The van der Waals surface area contributed by atoms with Crippen molar-refractivity contribution in [2.75, 3.05) is 0 Å². The molecule has 1 aliphatic carbocycles. The smallest absolute Gasteiger partial charge is 0.302 e. The predicted molar refractivity (Wildman–Crippen MR) is 29.4 cm³/mol. The van der Waals surface area contributed by atoms with Crippen molar-refractivity contribution in [3.05, 3.63) is 0 Å². The molecule has 0 saturated heterocycles. The van der Waals surface area contributed by atoms with Crippen molar-refractivity contribution in [1.82, 2.24) is 0 Å². The molecule has 0 heterocycles. The lowest BCUT2D eigenvalue weighted by atomic mass is 10.5. The maximum absolute atomic E-state index is 10.2. The van der Waals surface area contributed by atoms with Gasteiger partial charge in [0.2, 0.25) is 6.29 Å². The van der Waals surface area contributed by atoms with E-state index in [2.05, 4.69) is 4.74 Å². The fourth-order valence-corrected chi connectivity index (χ4v) is 0.639. The fraction of sp³-hybridized carbons (Fsp3) is 0.667. The minimum absolute atomic E-state index is 0.145. The number of esters is 1. The molecule has 1 saturated carbocycles. The minimum atomic E-state index is -0.322. The van der Waals surface area contributed by atoms with Crippen molar-refractivity contribution in [1.29, 1.82) is 0 Å². The lowest BCUT2D eigenvalue weighted by Crippen LogP contribution is -2.02. The van der Waals surface area contributed by atoms with Gasteiger partial charge in [-0.1, -0.05) is 0 Å². The summed E-state index contributed by atoms with van der Waals surface area (Å²) < 4.78 is 4.66. The first kappa shape index (κ1) is 6.26. The molecular formula is C6H7O3. The third-order valence-corrected chi connectivity index (χ3v) is 1.20. The number of carbonyl (C=O) groups is 1. The van der Waals surface area contributed by atoms with Crippen LogP contribution in [0.4, 0.5) is 0 Å². The molecular weight excluding hydrogens is 120 g/mol. The largest absolute Gasteiger partial charge is 0.462 e. The van der Waals surface area contributed by atoms with Gasteiger partial charge in [-0.15, -0.1) is 0 Å². The molecule has 1 radical (unpaired) electrons. The molecule has 0 spiro atoms. The summed E-state index contributed by atoms with van der Waals surface area (Å²) in [5.74, 6) is -0.466. The van der Waals surface area contributed by atoms with Gasteiger partial charge in [0.25, 0.3) is 0 Å². The molecule has 49 valence electrons. The van der Waals surface area contributed by atoms with Gasteiger partial charge in [0.1, 0.15) is 6.10 Å². The predicted octanol–water partition coefficient (Wildman–Crippen LogP) is 0.0477. The first-order chi connectivity index (χ1) is 4.24. The Labute approximate surface area is 53.0 Å². The van der Waals surface area contributed by atoms with E-state index in [4.69, 9.17) is 0 Å². The topological polar surface area (TPSA) is 43.4 Å². The second-order valence-electron chi connectivity index (χ2n) is 2.11. The summed E-state index contributed by atoms with van der Waals surface area (Å²) >= 11 is 0. The molecule has 1 fully saturated rings. The Balaban J connectivity index is 2.19. The van der Waals surface area contributed by atoms with Gasteiger partial charge in [-0.05, 0) is 6.42 Å². The number of rotatable bonds is 2. The Morgan fingerprint density at radius 2 is 2.44 bits per heavy atom. The molecule has 0 bridgehead atoms. The van der Waals surface area contributed by atoms with Crippen molar-refractivity contribution in [3.63, 3.8) is 0 Å². The van der Waals surface area contributed by atoms with Crippen molar-refractivity contribution in [3.8, 4) is 0 Å². The highest BCUT2D eigenvalue weighted by Crippen LogP contribution is 2.31. The molecule has 0 N–H and O–H groups in total. The average molecular weight is 127 g/mol. The summed E-state index contributed by atoms with van der Waals surface area (Å²) in [6.07, 6.45) is 2.26. The van der Waals surface area contributed by atoms with E-state index in [9.17, 15) is 9.59 Å². The van der Waals surface area contributed by atoms with E-state index in [1.807, 2.05) is 0 Å². The summed E-state index contributed by atoms with van der Waals surface area (Å²) in [5.41, 5.74) is 0. The van der Waals surface area contributed by atoms with Gasteiger partial charge in [0, 0.05) is 6.92 Å². The van der Waals surface area contributed by atoms with Crippen LogP contribution in [0.5, 0.6) is 0 Å². The molecule has 9 heavy (non-hydrogen) atoms. The second-order valence-corrected chi connectivity index (χ2v) is 2.11. The normalized spacial score (nSPS) is 31.2. The van der Waals surface area contributed by atoms with Gasteiger partial charge in [0.15, 0.2) is 0 Å². The van der Waals surface area contributed by atoms with Gasteiger partial charge in [0.05, 0.1) is 5.92 Å². The van der Waals surface area contributed by atoms with Crippen LogP contribution in [0, 0.1) is 5.92 Å². The van der Waals surface area contributed by atoms with Crippen LogP contribution < -0.4 is 0 Å². The Hall–Kier alpha value is -0.860. The van der Waals surface area contributed by atoms with Crippen LogP contribution >= 0.6 is 0 Å².